The fourth-order valence-electron chi connectivity index (χ4n) is 2.95. The first-order chi connectivity index (χ1) is 11.7. The summed E-state index contributed by atoms with van der Waals surface area (Å²) in [6.07, 6.45) is 0.349. The average Bonchev–Trinajstić information content (AvgIpc) is 3.03. The van der Waals surface area contributed by atoms with E-state index in [1.54, 1.807) is 21.3 Å². The molecule has 0 aromatic heterocycles. The predicted molar refractivity (Wildman–Crippen MR) is 88.7 cm³/mol. The number of cyclic esters (lactones) is 1. The number of carbonyl (C=O) groups is 1. The molecule has 5 nitrogen and oxygen atoms in total. The van der Waals surface area contributed by atoms with Crippen molar-refractivity contribution < 1.29 is 23.7 Å². The fourth-order valence-corrected chi connectivity index (χ4v) is 2.95. The molecular formula is C19H20O5. The highest BCUT2D eigenvalue weighted by Gasteiger charge is 2.36. The van der Waals surface area contributed by atoms with E-state index >= 15 is 0 Å². The molecule has 2 aromatic carbocycles. The highest BCUT2D eigenvalue weighted by molar-refractivity contribution is 5.80. The van der Waals surface area contributed by atoms with E-state index in [-0.39, 0.29) is 18.0 Å². The second kappa shape index (κ2) is 6.83. The van der Waals surface area contributed by atoms with Crippen LogP contribution in [-0.4, -0.2) is 27.3 Å². The third-order valence-electron chi connectivity index (χ3n) is 4.29. The minimum atomic E-state index is -0.308. The zero-order chi connectivity index (χ0) is 17.1. The summed E-state index contributed by atoms with van der Waals surface area (Å²) in [6, 6.07) is 13.1. The molecule has 1 aliphatic heterocycles. The molecule has 0 spiro atoms. The molecule has 1 saturated heterocycles. The molecule has 2 aromatic rings. The summed E-state index contributed by atoms with van der Waals surface area (Å²) in [5, 5.41) is 0. The standard InChI is InChI=1S/C19H20O5/c1-21-14-7-4-12(5-8-14)17-11-15(19(20)24-17)13-6-9-16(22-2)18(10-13)23-3/h4-10,15,17H,11H2,1-3H3/t15-,17+/m1/s1. The van der Waals surface area contributed by atoms with E-state index < -0.39 is 0 Å². The van der Waals surface area contributed by atoms with E-state index in [4.69, 9.17) is 18.9 Å². The van der Waals surface area contributed by atoms with Crippen LogP contribution in [0.1, 0.15) is 29.6 Å². The van der Waals surface area contributed by atoms with Gasteiger partial charge in [0.15, 0.2) is 11.5 Å². The summed E-state index contributed by atoms with van der Waals surface area (Å²) in [5.41, 5.74) is 1.83. The number of carbonyl (C=O) groups excluding carboxylic acids is 1. The Balaban J connectivity index is 1.81. The number of benzene rings is 2. The Morgan fingerprint density at radius 2 is 1.54 bits per heavy atom. The molecular weight excluding hydrogens is 308 g/mol. The second-order valence-corrected chi connectivity index (χ2v) is 5.60. The van der Waals surface area contributed by atoms with E-state index in [1.807, 2.05) is 42.5 Å². The Labute approximate surface area is 141 Å². The molecule has 0 N–H and O–H groups in total. The minimum Gasteiger partial charge on any atom is -0.497 e. The van der Waals surface area contributed by atoms with Gasteiger partial charge in [-0.2, -0.15) is 0 Å². The van der Waals surface area contributed by atoms with Gasteiger partial charge in [-0.05, 0) is 35.4 Å². The fraction of sp³-hybridized carbons (Fsp3) is 0.316. The number of esters is 1. The summed E-state index contributed by atoms with van der Waals surface area (Å²) in [5.74, 6) is 1.49. The Hall–Kier alpha value is -2.69. The maximum Gasteiger partial charge on any atom is 0.314 e. The van der Waals surface area contributed by atoms with Gasteiger partial charge in [0.05, 0.1) is 27.2 Å². The number of hydrogen-bond donors (Lipinski definition) is 0. The molecule has 0 bridgehead atoms. The lowest BCUT2D eigenvalue weighted by Crippen LogP contribution is -2.06. The molecule has 0 aliphatic carbocycles. The van der Waals surface area contributed by atoms with Crippen LogP contribution in [0.15, 0.2) is 42.5 Å². The lowest BCUT2D eigenvalue weighted by molar-refractivity contribution is -0.142. The molecule has 126 valence electrons. The topological polar surface area (TPSA) is 54.0 Å². The second-order valence-electron chi connectivity index (χ2n) is 5.60. The summed E-state index contributed by atoms with van der Waals surface area (Å²) >= 11 is 0. The quantitative estimate of drug-likeness (QED) is 0.787. The molecule has 1 fully saturated rings. The monoisotopic (exact) mass is 328 g/mol. The SMILES string of the molecule is COc1ccc([C@@H]2C[C@H](c3ccc(OC)c(OC)c3)C(=O)O2)cc1. The van der Waals surface area contributed by atoms with Crippen LogP contribution in [0.25, 0.3) is 0 Å². The van der Waals surface area contributed by atoms with Crippen LogP contribution in [0.5, 0.6) is 17.2 Å². The average molecular weight is 328 g/mol. The highest BCUT2D eigenvalue weighted by Crippen LogP contribution is 2.41. The zero-order valence-electron chi connectivity index (χ0n) is 13.9. The molecule has 0 saturated carbocycles. The number of methoxy groups -OCH3 is 3. The van der Waals surface area contributed by atoms with E-state index in [1.165, 1.54) is 0 Å². The van der Waals surface area contributed by atoms with Crippen molar-refractivity contribution in [1.29, 1.82) is 0 Å². The van der Waals surface area contributed by atoms with Gasteiger partial charge in [-0.15, -0.1) is 0 Å². The smallest absolute Gasteiger partial charge is 0.314 e. The number of rotatable bonds is 5. The van der Waals surface area contributed by atoms with Gasteiger partial charge in [-0.1, -0.05) is 18.2 Å². The van der Waals surface area contributed by atoms with Gasteiger partial charge < -0.3 is 18.9 Å². The van der Waals surface area contributed by atoms with Crippen molar-refractivity contribution in [3.63, 3.8) is 0 Å². The predicted octanol–water partition coefficient (Wildman–Crippen LogP) is 3.48. The van der Waals surface area contributed by atoms with Crippen molar-refractivity contribution in [1.82, 2.24) is 0 Å². The van der Waals surface area contributed by atoms with Crippen molar-refractivity contribution in [2.75, 3.05) is 21.3 Å². The zero-order valence-corrected chi connectivity index (χ0v) is 13.9. The molecule has 0 radical (unpaired) electrons. The van der Waals surface area contributed by atoms with E-state index in [0.29, 0.717) is 17.9 Å². The molecule has 5 heteroatoms. The van der Waals surface area contributed by atoms with Crippen LogP contribution in [-0.2, 0) is 9.53 Å². The third kappa shape index (κ3) is 3.02. The van der Waals surface area contributed by atoms with Crippen molar-refractivity contribution in [2.45, 2.75) is 18.4 Å². The van der Waals surface area contributed by atoms with Gasteiger partial charge in [0.1, 0.15) is 11.9 Å². The van der Waals surface area contributed by atoms with Gasteiger partial charge in [-0.3, -0.25) is 4.79 Å². The van der Waals surface area contributed by atoms with Crippen LogP contribution < -0.4 is 14.2 Å². The van der Waals surface area contributed by atoms with Crippen molar-refractivity contribution in [2.24, 2.45) is 0 Å². The lowest BCUT2D eigenvalue weighted by atomic mass is 9.93. The van der Waals surface area contributed by atoms with Crippen LogP contribution in [0, 0.1) is 0 Å². The maximum atomic E-state index is 12.3. The molecule has 0 amide bonds. The lowest BCUT2D eigenvalue weighted by Gasteiger charge is -2.12. The number of hydrogen-bond acceptors (Lipinski definition) is 5. The first kappa shape index (κ1) is 16.2. The van der Waals surface area contributed by atoms with Crippen LogP contribution in [0.2, 0.25) is 0 Å². The maximum absolute atomic E-state index is 12.3. The van der Waals surface area contributed by atoms with Gasteiger partial charge in [0, 0.05) is 6.42 Å². The van der Waals surface area contributed by atoms with Gasteiger partial charge in [0.2, 0.25) is 0 Å². The Bertz CT molecular complexity index is 723. The van der Waals surface area contributed by atoms with E-state index in [0.717, 1.165) is 16.9 Å². The first-order valence-corrected chi connectivity index (χ1v) is 7.72. The molecule has 1 aliphatic rings. The molecule has 2 atom stereocenters. The van der Waals surface area contributed by atoms with Gasteiger partial charge in [0.25, 0.3) is 0 Å². The van der Waals surface area contributed by atoms with Crippen molar-refractivity contribution in [3.05, 3.63) is 53.6 Å². The van der Waals surface area contributed by atoms with E-state index in [2.05, 4.69) is 0 Å². The molecule has 24 heavy (non-hydrogen) atoms. The first-order valence-electron chi connectivity index (χ1n) is 7.72. The minimum absolute atomic E-state index is 0.219. The highest BCUT2D eigenvalue weighted by atomic mass is 16.6. The van der Waals surface area contributed by atoms with Crippen molar-refractivity contribution >= 4 is 5.97 Å². The van der Waals surface area contributed by atoms with E-state index in [9.17, 15) is 4.79 Å². The van der Waals surface area contributed by atoms with Crippen LogP contribution in [0.4, 0.5) is 0 Å². The Morgan fingerprint density at radius 1 is 0.875 bits per heavy atom. The van der Waals surface area contributed by atoms with Crippen LogP contribution >= 0.6 is 0 Å². The number of ether oxygens (including phenoxy) is 4. The summed E-state index contributed by atoms with van der Waals surface area (Å²) < 4.78 is 21.3. The van der Waals surface area contributed by atoms with Crippen LogP contribution in [0.3, 0.4) is 0 Å². The third-order valence-corrected chi connectivity index (χ3v) is 4.29. The summed E-state index contributed by atoms with van der Waals surface area (Å²) in [4.78, 5) is 12.3. The van der Waals surface area contributed by atoms with Gasteiger partial charge >= 0.3 is 5.97 Å². The Morgan fingerprint density at radius 3 is 2.17 bits per heavy atom. The molecule has 0 unspecified atom stereocenters. The van der Waals surface area contributed by atoms with Crippen molar-refractivity contribution in [3.8, 4) is 17.2 Å². The Kier molecular flexibility index (Phi) is 4.60. The van der Waals surface area contributed by atoms with Gasteiger partial charge in [-0.25, -0.2) is 0 Å². The molecule has 3 rings (SSSR count). The normalized spacial score (nSPS) is 19.7. The summed E-state index contributed by atoms with van der Waals surface area (Å²) in [7, 11) is 4.79. The largest absolute Gasteiger partial charge is 0.497 e. The molecule has 1 heterocycles. The summed E-state index contributed by atoms with van der Waals surface area (Å²) in [6.45, 7) is 0.